The molecule has 1 unspecified atom stereocenters. The SMILES string of the molecule is C#N.CONC1CCCN(CC(N)=O)C1. The Morgan fingerprint density at radius 2 is 2.40 bits per heavy atom. The number of carbonyl (C=O) groups excluding carboxylic acids is 1. The van der Waals surface area contributed by atoms with Crippen LogP contribution in [0.4, 0.5) is 0 Å². The van der Waals surface area contributed by atoms with E-state index in [0.29, 0.717) is 12.6 Å². The van der Waals surface area contributed by atoms with Gasteiger partial charge in [-0.3, -0.25) is 9.69 Å². The number of nitrogens with zero attached hydrogens (tertiary/aromatic N) is 2. The smallest absolute Gasteiger partial charge is 0.231 e. The standard InChI is InChI=1S/C8H17N3O2.CHN/c1-13-10-7-3-2-4-11(5-7)6-8(9)12;1-2/h7,10H,2-6H2,1H3,(H2,9,12);1H. The first-order valence-electron chi connectivity index (χ1n) is 4.77. The topological polar surface area (TPSA) is 91.4 Å². The molecule has 0 bridgehead atoms. The summed E-state index contributed by atoms with van der Waals surface area (Å²) in [5, 5.41) is 6.50. The summed E-state index contributed by atoms with van der Waals surface area (Å²) in [6, 6.07) is 0.318. The van der Waals surface area contributed by atoms with Gasteiger partial charge in [0.25, 0.3) is 0 Å². The molecular weight excluding hydrogens is 196 g/mol. The van der Waals surface area contributed by atoms with Crippen molar-refractivity contribution in [3.05, 3.63) is 0 Å². The van der Waals surface area contributed by atoms with Gasteiger partial charge in [0.1, 0.15) is 0 Å². The van der Waals surface area contributed by atoms with Gasteiger partial charge in [0, 0.05) is 19.2 Å². The maximum atomic E-state index is 10.7. The van der Waals surface area contributed by atoms with Gasteiger partial charge in [-0.25, -0.2) is 5.26 Å². The summed E-state index contributed by atoms with van der Waals surface area (Å²) in [5.74, 6) is -0.266. The lowest BCUT2D eigenvalue weighted by Crippen LogP contribution is -2.47. The van der Waals surface area contributed by atoms with Crippen molar-refractivity contribution >= 4 is 5.91 Å². The molecule has 1 saturated heterocycles. The zero-order valence-electron chi connectivity index (χ0n) is 8.98. The van der Waals surface area contributed by atoms with Crippen molar-refractivity contribution in [1.29, 1.82) is 5.26 Å². The molecule has 1 rings (SSSR count). The lowest BCUT2D eigenvalue weighted by molar-refractivity contribution is -0.119. The van der Waals surface area contributed by atoms with E-state index >= 15 is 0 Å². The maximum absolute atomic E-state index is 10.7. The fraction of sp³-hybridized carbons (Fsp3) is 0.778. The molecule has 0 spiro atoms. The molecule has 1 aliphatic rings. The summed E-state index contributed by atoms with van der Waals surface area (Å²) >= 11 is 0. The summed E-state index contributed by atoms with van der Waals surface area (Å²) in [6.45, 7) is 5.63. The number of hydrogen-bond donors (Lipinski definition) is 2. The number of nitrogens with two attached hydrogens (primary N) is 1. The van der Waals surface area contributed by atoms with E-state index in [1.165, 1.54) is 0 Å². The van der Waals surface area contributed by atoms with E-state index in [1.54, 1.807) is 7.11 Å². The monoisotopic (exact) mass is 214 g/mol. The van der Waals surface area contributed by atoms with Crippen molar-refractivity contribution < 1.29 is 9.63 Å². The van der Waals surface area contributed by atoms with Gasteiger partial charge in [-0.05, 0) is 19.4 Å². The highest BCUT2D eigenvalue weighted by Gasteiger charge is 2.20. The molecule has 3 N–H and O–H groups in total. The van der Waals surface area contributed by atoms with Gasteiger partial charge in [-0.15, -0.1) is 0 Å². The predicted molar refractivity (Wildman–Crippen MR) is 55.5 cm³/mol. The first kappa shape index (κ1) is 13.8. The summed E-state index contributed by atoms with van der Waals surface area (Å²) in [4.78, 5) is 17.5. The minimum atomic E-state index is -0.266. The Balaban J connectivity index is 0.000000921. The van der Waals surface area contributed by atoms with Crippen LogP contribution in [0.15, 0.2) is 0 Å². The second-order valence-corrected chi connectivity index (χ2v) is 3.36. The molecule has 1 heterocycles. The van der Waals surface area contributed by atoms with Crippen LogP contribution in [0, 0.1) is 11.8 Å². The largest absolute Gasteiger partial charge is 0.369 e. The van der Waals surface area contributed by atoms with Gasteiger partial charge in [0.2, 0.25) is 5.91 Å². The van der Waals surface area contributed by atoms with Crippen molar-refractivity contribution in [3.63, 3.8) is 0 Å². The van der Waals surface area contributed by atoms with E-state index in [2.05, 4.69) is 12.1 Å². The fourth-order valence-electron chi connectivity index (χ4n) is 1.68. The number of hydrogen-bond acceptors (Lipinski definition) is 5. The molecule has 0 aromatic rings. The molecule has 86 valence electrons. The highest BCUT2D eigenvalue weighted by Crippen LogP contribution is 2.08. The van der Waals surface area contributed by atoms with Crippen LogP contribution in [0.25, 0.3) is 0 Å². The molecule has 15 heavy (non-hydrogen) atoms. The van der Waals surface area contributed by atoms with Crippen LogP contribution in [0.3, 0.4) is 0 Å². The molecule has 0 radical (unpaired) electrons. The summed E-state index contributed by atoms with van der Waals surface area (Å²) < 4.78 is 0. The number of likely N-dealkylation sites (tertiary alicyclic amines) is 1. The number of nitriles is 1. The molecule has 6 nitrogen and oxygen atoms in total. The van der Waals surface area contributed by atoms with E-state index in [1.807, 2.05) is 4.90 Å². The van der Waals surface area contributed by atoms with Crippen molar-refractivity contribution in [2.45, 2.75) is 18.9 Å². The van der Waals surface area contributed by atoms with Crippen LogP contribution < -0.4 is 11.2 Å². The molecule has 0 saturated carbocycles. The summed E-state index contributed by atoms with van der Waals surface area (Å²) in [6.07, 6.45) is 2.16. The highest BCUT2D eigenvalue weighted by molar-refractivity contribution is 5.75. The molecule has 1 atom stereocenters. The zero-order valence-corrected chi connectivity index (χ0v) is 8.98. The molecule has 0 aliphatic carbocycles. The molecule has 0 aromatic heterocycles. The molecular formula is C9H18N4O2. The minimum Gasteiger partial charge on any atom is -0.369 e. The third-order valence-electron chi connectivity index (χ3n) is 2.17. The number of piperidine rings is 1. The average Bonchev–Trinajstić information content (AvgIpc) is 2.21. The van der Waals surface area contributed by atoms with Crippen LogP contribution in [0.1, 0.15) is 12.8 Å². The Labute approximate surface area is 89.9 Å². The van der Waals surface area contributed by atoms with Crippen LogP contribution in [-0.4, -0.2) is 43.6 Å². The van der Waals surface area contributed by atoms with E-state index in [4.69, 9.17) is 15.8 Å². The van der Waals surface area contributed by atoms with Gasteiger partial charge in [0.15, 0.2) is 0 Å². The van der Waals surface area contributed by atoms with Crippen LogP contribution in [0.2, 0.25) is 0 Å². The van der Waals surface area contributed by atoms with Crippen LogP contribution in [0.5, 0.6) is 0 Å². The van der Waals surface area contributed by atoms with Gasteiger partial charge in [0.05, 0.1) is 13.7 Å². The lowest BCUT2D eigenvalue weighted by Gasteiger charge is -2.31. The normalized spacial score (nSPS) is 21.4. The molecule has 1 aliphatic heterocycles. The number of hydroxylamine groups is 1. The number of nitrogens with one attached hydrogen (secondary N) is 1. The van der Waals surface area contributed by atoms with E-state index < -0.39 is 0 Å². The molecule has 0 aromatic carbocycles. The lowest BCUT2D eigenvalue weighted by atomic mass is 10.1. The zero-order chi connectivity index (χ0) is 11.7. The van der Waals surface area contributed by atoms with Crippen molar-refractivity contribution in [2.24, 2.45) is 5.73 Å². The van der Waals surface area contributed by atoms with Gasteiger partial charge in [-0.2, -0.15) is 5.48 Å². The number of rotatable bonds is 4. The minimum absolute atomic E-state index is 0.266. The number of amides is 1. The molecule has 1 amide bonds. The van der Waals surface area contributed by atoms with E-state index in [0.717, 1.165) is 25.9 Å². The van der Waals surface area contributed by atoms with E-state index in [-0.39, 0.29) is 5.91 Å². The number of carbonyl (C=O) groups is 1. The third kappa shape index (κ3) is 6.01. The fourth-order valence-corrected chi connectivity index (χ4v) is 1.68. The highest BCUT2D eigenvalue weighted by atomic mass is 16.6. The Morgan fingerprint density at radius 3 is 2.93 bits per heavy atom. The Bertz CT molecular complexity index is 206. The maximum Gasteiger partial charge on any atom is 0.231 e. The number of primary amides is 1. The van der Waals surface area contributed by atoms with Gasteiger partial charge < -0.3 is 10.6 Å². The second kappa shape index (κ2) is 8.17. The van der Waals surface area contributed by atoms with Gasteiger partial charge >= 0.3 is 0 Å². The Hall–Kier alpha value is -1.16. The van der Waals surface area contributed by atoms with Crippen molar-refractivity contribution in [2.75, 3.05) is 26.7 Å². The quantitative estimate of drug-likeness (QED) is 0.599. The third-order valence-corrected chi connectivity index (χ3v) is 2.17. The first-order chi connectivity index (χ1) is 7.22. The van der Waals surface area contributed by atoms with Gasteiger partial charge in [-0.1, -0.05) is 0 Å². The van der Waals surface area contributed by atoms with Crippen LogP contribution >= 0.6 is 0 Å². The molecule has 1 fully saturated rings. The average molecular weight is 214 g/mol. The predicted octanol–water partition coefficient (Wildman–Crippen LogP) is -0.773. The second-order valence-electron chi connectivity index (χ2n) is 3.36. The molecule has 6 heteroatoms. The van der Waals surface area contributed by atoms with Crippen molar-refractivity contribution in [1.82, 2.24) is 10.4 Å². The first-order valence-corrected chi connectivity index (χ1v) is 4.77. The summed E-state index contributed by atoms with van der Waals surface area (Å²) in [7, 11) is 1.60. The summed E-state index contributed by atoms with van der Waals surface area (Å²) in [5.41, 5.74) is 8.00. The Kier molecular flexibility index (Phi) is 7.54. The van der Waals surface area contributed by atoms with Crippen molar-refractivity contribution in [3.8, 4) is 6.57 Å². The Morgan fingerprint density at radius 1 is 1.73 bits per heavy atom. The van der Waals surface area contributed by atoms with E-state index in [9.17, 15) is 4.79 Å². The van der Waals surface area contributed by atoms with Crippen LogP contribution in [-0.2, 0) is 9.63 Å².